The molecule has 0 fully saturated rings. The molecule has 1 aromatic carbocycles. The molecule has 0 heterocycles. The summed E-state index contributed by atoms with van der Waals surface area (Å²) in [6, 6.07) is 2.95. The van der Waals surface area contributed by atoms with Crippen molar-refractivity contribution in [1.82, 2.24) is 10.0 Å². The first-order chi connectivity index (χ1) is 10.8. The van der Waals surface area contributed by atoms with Crippen molar-refractivity contribution in [2.24, 2.45) is 0 Å². The molecule has 1 rings (SSSR count). The van der Waals surface area contributed by atoms with E-state index in [4.69, 9.17) is 11.6 Å². The maximum Gasteiger partial charge on any atom is 0.307 e. The normalized spacial score (nSPS) is 11.1. The molecular formula is C13H16ClFN2O5S. The molecule has 1 amide bonds. The van der Waals surface area contributed by atoms with Gasteiger partial charge in [-0.3, -0.25) is 9.59 Å². The Morgan fingerprint density at radius 3 is 2.65 bits per heavy atom. The van der Waals surface area contributed by atoms with E-state index in [0.29, 0.717) is 6.54 Å². The van der Waals surface area contributed by atoms with Crippen LogP contribution in [0.3, 0.4) is 0 Å². The Balaban J connectivity index is 2.46. The number of hydrogen-bond acceptors (Lipinski definition) is 5. The highest BCUT2D eigenvalue weighted by molar-refractivity contribution is 7.89. The third-order valence-corrected chi connectivity index (χ3v) is 4.31. The Hall–Kier alpha value is -1.71. The number of carbonyl (C=O) groups excluding carboxylic acids is 2. The Bertz CT molecular complexity index is 681. The van der Waals surface area contributed by atoms with Gasteiger partial charge in [-0.15, -0.1) is 0 Å². The lowest BCUT2D eigenvalue weighted by atomic mass is 10.3. The number of rotatable bonds is 8. The van der Waals surface area contributed by atoms with Gasteiger partial charge in [0.05, 0.1) is 16.3 Å². The van der Waals surface area contributed by atoms with E-state index < -0.39 is 34.3 Å². The first-order valence-corrected chi connectivity index (χ1v) is 8.49. The molecule has 0 aliphatic heterocycles. The van der Waals surface area contributed by atoms with Crippen molar-refractivity contribution < 1.29 is 27.1 Å². The van der Waals surface area contributed by atoms with Gasteiger partial charge in [-0.2, -0.15) is 0 Å². The standard InChI is InChI=1S/C13H16ClFN2O5S/c1-2-16-12(18)8-22-13(19)5-6-17-23(20,21)9-3-4-11(15)10(14)7-9/h3-4,7,17H,2,5-6,8H2,1H3,(H,16,18). The van der Waals surface area contributed by atoms with Crippen molar-refractivity contribution in [3.05, 3.63) is 29.0 Å². The maximum absolute atomic E-state index is 13.0. The van der Waals surface area contributed by atoms with Crippen LogP contribution < -0.4 is 10.0 Å². The Kier molecular flexibility index (Phi) is 7.40. The smallest absolute Gasteiger partial charge is 0.307 e. The van der Waals surface area contributed by atoms with Crippen LogP contribution in [0.25, 0.3) is 0 Å². The summed E-state index contributed by atoms with van der Waals surface area (Å²) in [6.45, 7) is 1.48. The monoisotopic (exact) mass is 366 g/mol. The van der Waals surface area contributed by atoms with Gasteiger partial charge in [0.25, 0.3) is 5.91 Å². The van der Waals surface area contributed by atoms with Crippen molar-refractivity contribution >= 4 is 33.5 Å². The molecule has 0 aromatic heterocycles. The van der Waals surface area contributed by atoms with Crippen LogP contribution in [-0.4, -0.2) is 40.0 Å². The quantitative estimate of drug-likeness (QED) is 0.663. The van der Waals surface area contributed by atoms with Crippen LogP contribution in [-0.2, 0) is 24.3 Å². The lowest BCUT2D eigenvalue weighted by Crippen LogP contribution is -2.30. The molecule has 0 radical (unpaired) electrons. The van der Waals surface area contributed by atoms with Crippen LogP contribution in [0.4, 0.5) is 4.39 Å². The number of esters is 1. The van der Waals surface area contributed by atoms with Crippen LogP contribution in [0.1, 0.15) is 13.3 Å². The Morgan fingerprint density at radius 2 is 2.04 bits per heavy atom. The van der Waals surface area contributed by atoms with Crippen molar-refractivity contribution in [1.29, 1.82) is 0 Å². The van der Waals surface area contributed by atoms with Gasteiger partial charge in [-0.25, -0.2) is 17.5 Å². The zero-order valence-corrected chi connectivity index (χ0v) is 13.8. The van der Waals surface area contributed by atoms with Gasteiger partial charge in [-0.05, 0) is 25.1 Å². The second-order valence-corrected chi connectivity index (χ2v) is 6.51. The fraction of sp³-hybridized carbons (Fsp3) is 0.385. The predicted octanol–water partition coefficient (Wildman–Crippen LogP) is 0.827. The van der Waals surface area contributed by atoms with E-state index in [2.05, 4.69) is 14.8 Å². The highest BCUT2D eigenvalue weighted by Crippen LogP contribution is 2.19. The molecule has 1 aromatic rings. The van der Waals surface area contributed by atoms with E-state index in [9.17, 15) is 22.4 Å². The van der Waals surface area contributed by atoms with Gasteiger partial charge < -0.3 is 10.1 Å². The molecule has 128 valence electrons. The molecule has 0 unspecified atom stereocenters. The minimum atomic E-state index is -3.92. The summed E-state index contributed by atoms with van der Waals surface area (Å²) in [5, 5.41) is 2.12. The zero-order chi connectivity index (χ0) is 17.5. The molecule has 0 aliphatic carbocycles. The van der Waals surface area contributed by atoms with Crippen molar-refractivity contribution in [3.63, 3.8) is 0 Å². The minimum Gasteiger partial charge on any atom is -0.456 e. The van der Waals surface area contributed by atoms with E-state index in [1.807, 2.05) is 0 Å². The summed E-state index contributed by atoms with van der Waals surface area (Å²) < 4.78 is 43.7. The van der Waals surface area contributed by atoms with Crippen LogP contribution >= 0.6 is 11.6 Å². The van der Waals surface area contributed by atoms with Crippen molar-refractivity contribution in [2.45, 2.75) is 18.2 Å². The highest BCUT2D eigenvalue weighted by Gasteiger charge is 2.16. The number of carbonyl (C=O) groups is 2. The van der Waals surface area contributed by atoms with Gasteiger partial charge in [0.1, 0.15) is 5.82 Å². The average molecular weight is 367 g/mol. The van der Waals surface area contributed by atoms with E-state index >= 15 is 0 Å². The largest absolute Gasteiger partial charge is 0.456 e. The molecular weight excluding hydrogens is 351 g/mol. The maximum atomic E-state index is 13.0. The molecule has 0 saturated heterocycles. The summed E-state index contributed by atoms with van der Waals surface area (Å²) in [4.78, 5) is 22.2. The number of amides is 1. The van der Waals surface area contributed by atoms with E-state index in [1.54, 1.807) is 6.92 Å². The second-order valence-electron chi connectivity index (χ2n) is 4.34. The zero-order valence-electron chi connectivity index (χ0n) is 12.3. The summed E-state index contributed by atoms with van der Waals surface area (Å²) >= 11 is 5.52. The van der Waals surface area contributed by atoms with Crippen molar-refractivity contribution in [3.8, 4) is 0 Å². The number of halogens is 2. The fourth-order valence-electron chi connectivity index (χ4n) is 1.48. The molecule has 2 N–H and O–H groups in total. The van der Waals surface area contributed by atoms with Gasteiger partial charge in [0.2, 0.25) is 10.0 Å². The van der Waals surface area contributed by atoms with Crippen LogP contribution in [0.15, 0.2) is 23.1 Å². The van der Waals surface area contributed by atoms with Gasteiger partial charge in [0, 0.05) is 13.1 Å². The lowest BCUT2D eigenvalue weighted by Gasteiger charge is -2.08. The predicted molar refractivity (Wildman–Crippen MR) is 80.9 cm³/mol. The van der Waals surface area contributed by atoms with Crippen LogP contribution in [0.5, 0.6) is 0 Å². The topological polar surface area (TPSA) is 102 Å². The van der Waals surface area contributed by atoms with Gasteiger partial charge in [0.15, 0.2) is 6.61 Å². The number of sulfonamides is 1. The average Bonchev–Trinajstić information content (AvgIpc) is 2.48. The molecule has 0 aliphatic rings. The SMILES string of the molecule is CCNC(=O)COC(=O)CCNS(=O)(=O)c1ccc(F)c(Cl)c1. The van der Waals surface area contributed by atoms with Gasteiger partial charge >= 0.3 is 5.97 Å². The van der Waals surface area contributed by atoms with Crippen LogP contribution in [0, 0.1) is 5.82 Å². The number of hydrogen-bond donors (Lipinski definition) is 2. The summed E-state index contributed by atoms with van der Waals surface area (Å²) in [6.07, 6.45) is -0.256. The lowest BCUT2D eigenvalue weighted by molar-refractivity contribution is -0.148. The van der Waals surface area contributed by atoms with Gasteiger partial charge in [-0.1, -0.05) is 11.6 Å². The Morgan fingerprint density at radius 1 is 1.35 bits per heavy atom. The van der Waals surface area contributed by atoms with E-state index in [1.165, 1.54) is 0 Å². The van der Waals surface area contributed by atoms with Crippen molar-refractivity contribution in [2.75, 3.05) is 19.7 Å². The molecule has 0 spiro atoms. The summed E-state index contributed by atoms with van der Waals surface area (Å²) in [5.74, 6) is -1.90. The fourth-order valence-corrected chi connectivity index (χ4v) is 2.78. The molecule has 0 saturated carbocycles. The molecule has 0 bridgehead atoms. The first-order valence-electron chi connectivity index (χ1n) is 6.63. The second kappa shape index (κ2) is 8.80. The minimum absolute atomic E-state index is 0.223. The number of likely N-dealkylation sites (N-methyl/N-ethyl adjacent to an activating group) is 1. The van der Waals surface area contributed by atoms with E-state index in [0.717, 1.165) is 18.2 Å². The number of ether oxygens (including phenoxy) is 1. The summed E-state index contributed by atoms with van der Waals surface area (Å²) in [5.41, 5.74) is 0. The van der Waals surface area contributed by atoms with Crippen LogP contribution in [0.2, 0.25) is 5.02 Å². The first kappa shape index (κ1) is 19.3. The summed E-state index contributed by atoms with van der Waals surface area (Å²) in [7, 11) is -3.92. The third-order valence-electron chi connectivity index (χ3n) is 2.56. The highest BCUT2D eigenvalue weighted by atomic mass is 35.5. The number of benzene rings is 1. The van der Waals surface area contributed by atoms with E-state index in [-0.39, 0.29) is 22.9 Å². The molecule has 0 atom stereocenters. The number of nitrogens with one attached hydrogen (secondary N) is 2. The molecule has 10 heteroatoms. The molecule has 23 heavy (non-hydrogen) atoms. The third kappa shape index (κ3) is 6.51. The molecule has 7 nitrogen and oxygen atoms in total. The Labute approximate surface area is 138 Å².